The zero-order chi connectivity index (χ0) is 16.8. The maximum atomic E-state index is 11.6. The number of primary amides is 1. The normalized spacial score (nSPS) is 11.2. The summed E-state index contributed by atoms with van der Waals surface area (Å²) in [6.07, 6.45) is 1.74. The molecule has 0 bridgehead atoms. The van der Waals surface area contributed by atoms with E-state index in [4.69, 9.17) is 17.2 Å². The number of nitrogen functional groups attached to an aromatic ring is 2. The number of anilines is 2. The molecule has 8 heteroatoms. The first-order valence-electron chi connectivity index (χ1n) is 7.05. The molecule has 118 valence electrons. The number of thiophene rings is 1. The van der Waals surface area contributed by atoms with E-state index in [1.807, 2.05) is 30.3 Å². The molecule has 0 aliphatic heterocycles. The molecule has 0 saturated carbocycles. The highest BCUT2D eigenvalue weighted by Crippen LogP contribution is 2.38. The number of carbonyl (C=O) groups is 1. The molecule has 0 atom stereocenters. The van der Waals surface area contributed by atoms with E-state index < -0.39 is 5.91 Å². The number of amides is 1. The fraction of sp³-hybridized carbons (Fsp3) is 0. The lowest BCUT2D eigenvalue weighted by molar-refractivity contribution is 0.100. The van der Waals surface area contributed by atoms with Crippen LogP contribution in [-0.2, 0) is 0 Å². The van der Waals surface area contributed by atoms with Crippen LogP contribution < -0.4 is 17.2 Å². The van der Waals surface area contributed by atoms with Crippen LogP contribution in [0.5, 0.6) is 0 Å². The predicted octanol–water partition coefficient (Wildman–Crippen LogP) is 2.17. The molecule has 1 amide bonds. The number of hydrogen-bond acceptors (Lipinski definition) is 7. The van der Waals surface area contributed by atoms with Gasteiger partial charge in [0.25, 0.3) is 5.91 Å². The van der Waals surface area contributed by atoms with Crippen LogP contribution in [0.15, 0.2) is 36.5 Å². The minimum absolute atomic E-state index is 0.112. The zero-order valence-electron chi connectivity index (χ0n) is 12.4. The third kappa shape index (κ3) is 2.12. The second-order valence-electron chi connectivity index (χ2n) is 5.23. The van der Waals surface area contributed by atoms with Crippen molar-refractivity contribution in [3.8, 4) is 11.3 Å². The molecule has 4 aromatic rings. The van der Waals surface area contributed by atoms with Crippen molar-refractivity contribution in [2.45, 2.75) is 0 Å². The summed E-state index contributed by atoms with van der Waals surface area (Å²) in [6, 6.07) is 9.55. The van der Waals surface area contributed by atoms with E-state index in [1.165, 1.54) is 0 Å². The number of nitrogens with two attached hydrogens (primary N) is 3. The van der Waals surface area contributed by atoms with Gasteiger partial charge in [-0.25, -0.2) is 9.97 Å². The van der Waals surface area contributed by atoms with Crippen molar-refractivity contribution in [3.63, 3.8) is 0 Å². The summed E-state index contributed by atoms with van der Waals surface area (Å²) in [7, 11) is 0. The van der Waals surface area contributed by atoms with E-state index in [0.29, 0.717) is 15.9 Å². The molecule has 0 spiro atoms. The van der Waals surface area contributed by atoms with Gasteiger partial charge in [0.15, 0.2) is 0 Å². The number of aromatic nitrogens is 3. The summed E-state index contributed by atoms with van der Waals surface area (Å²) in [6.45, 7) is 0. The second kappa shape index (κ2) is 5.14. The average molecular weight is 336 g/mol. The van der Waals surface area contributed by atoms with Crippen LogP contribution in [0.25, 0.3) is 32.4 Å². The van der Waals surface area contributed by atoms with Crippen LogP contribution in [0.3, 0.4) is 0 Å². The van der Waals surface area contributed by atoms with Gasteiger partial charge in [-0.2, -0.15) is 0 Å². The van der Waals surface area contributed by atoms with Crippen molar-refractivity contribution in [1.82, 2.24) is 15.0 Å². The third-order valence-corrected chi connectivity index (χ3v) is 4.82. The molecule has 24 heavy (non-hydrogen) atoms. The van der Waals surface area contributed by atoms with Crippen LogP contribution in [0.4, 0.5) is 11.6 Å². The molecule has 0 unspecified atom stereocenters. The summed E-state index contributed by atoms with van der Waals surface area (Å²) in [5.41, 5.74) is 19.9. The molecule has 3 heterocycles. The molecular weight excluding hydrogens is 324 g/mol. The molecule has 4 rings (SSSR count). The van der Waals surface area contributed by atoms with Gasteiger partial charge in [-0.15, -0.1) is 11.3 Å². The quantitative estimate of drug-likeness (QED) is 0.513. The Hall–Kier alpha value is -3.26. The number of pyridine rings is 1. The minimum Gasteiger partial charge on any atom is -0.397 e. The van der Waals surface area contributed by atoms with E-state index in [0.717, 1.165) is 27.8 Å². The van der Waals surface area contributed by atoms with E-state index in [2.05, 4.69) is 15.0 Å². The predicted molar refractivity (Wildman–Crippen MR) is 95.5 cm³/mol. The lowest BCUT2D eigenvalue weighted by Crippen LogP contribution is -2.10. The van der Waals surface area contributed by atoms with Gasteiger partial charge in [0.1, 0.15) is 9.71 Å². The molecular formula is C16H12N6OS. The van der Waals surface area contributed by atoms with Gasteiger partial charge in [0.05, 0.1) is 22.3 Å². The molecule has 0 fully saturated rings. The first kappa shape index (κ1) is 14.3. The summed E-state index contributed by atoms with van der Waals surface area (Å²) in [5.74, 6) is -0.483. The van der Waals surface area contributed by atoms with Crippen molar-refractivity contribution < 1.29 is 4.79 Å². The Morgan fingerprint density at radius 1 is 1.12 bits per heavy atom. The van der Waals surface area contributed by atoms with Gasteiger partial charge >= 0.3 is 0 Å². The van der Waals surface area contributed by atoms with Gasteiger partial charge in [0.2, 0.25) is 5.95 Å². The van der Waals surface area contributed by atoms with Crippen LogP contribution in [-0.4, -0.2) is 20.9 Å². The zero-order valence-corrected chi connectivity index (χ0v) is 13.2. The average Bonchev–Trinajstić information content (AvgIpc) is 2.90. The Morgan fingerprint density at radius 3 is 2.75 bits per heavy atom. The van der Waals surface area contributed by atoms with Gasteiger partial charge in [-0.3, -0.25) is 9.78 Å². The molecule has 6 N–H and O–H groups in total. The summed E-state index contributed by atoms with van der Waals surface area (Å²) in [4.78, 5) is 25.2. The Kier molecular flexibility index (Phi) is 3.07. The first-order valence-corrected chi connectivity index (χ1v) is 7.86. The Morgan fingerprint density at radius 2 is 1.96 bits per heavy atom. The number of nitrogens with zero attached hydrogens (tertiary/aromatic N) is 3. The summed E-state index contributed by atoms with van der Waals surface area (Å²) in [5, 5.41) is 1.55. The molecule has 1 aromatic carbocycles. The van der Waals surface area contributed by atoms with Crippen LogP contribution in [0, 0.1) is 0 Å². The van der Waals surface area contributed by atoms with Crippen LogP contribution in [0.1, 0.15) is 9.67 Å². The molecule has 0 saturated heterocycles. The Labute approximate surface area is 140 Å². The van der Waals surface area contributed by atoms with Crippen LogP contribution in [0.2, 0.25) is 0 Å². The lowest BCUT2D eigenvalue weighted by Gasteiger charge is -2.06. The highest BCUT2D eigenvalue weighted by molar-refractivity contribution is 7.21. The molecule has 0 radical (unpaired) electrons. The van der Waals surface area contributed by atoms with E-state index in [-0.39, 0.29) is 16.5 Å². The van der Waals surface area contributed by atoms with Gasteiger partial charge in [0, 0.05) is 17.1 Å². The Bertz CT molecular complexity index is 1120. The summed E-state index contributed by atoms with van der Waals surface area (Å²) < 4.78 is 0. The maximum Gasteiger partial charge on any atom is 0.260 e. The van der Waals surface area contributed by atoms with Gasteiger partial charge in [-0.1, -0.05) is 12.1 Å². The molecule has 0 aliphatic rings. The highest BCUT2D eigenvalue weighted by atomic mass is 32.1. The monoisotopic (exact) mass is 336 g/mol. The smallest absolute Gasteiger partial charge is 0.260 e. The summed E-state index contributed by atoms with van der Waals surface area (Å²) >= 11 is 1.12. The van der Waals surface area contributed by atoms with Crippen molar-refractivity contribution >= 4 is 50.0 Å². The standard InChI is InChI=1S/C16H12N6OS/c17-11-10-12(8-3-4-9-7(6-8)2-1-5-20-9)21-16(19)22-15(10)24-13(11)14(18)23/h1-6H,17H2,(H2,18,23)(H2,19,21,22). The fourth-order valence-corrected chi connectivity index (χ4v) is 3.61. The van der Waals surface area contributed by atoms with Crippen molar-refractivity contribution in [1.29, 1.82) is 0 Å². The van der Waals surface area contributed by atoms with Gasteiger partial charge in [-0.05, 0) is 18.2 Å². The SMILES string of the molecule is NC(=O)c1sc2nc(N)nc(-c3ccc4ncccc4c3)c2c1N. The molecule has 7 nitrogen and oxygen atoms in total. The fourth-order valence-electron chi connectivity index (χ4n) is 2.65. The van der Waals surface area contributed by atoms with E-state index in [1.54, 1.807) is 6.20 Å². The van der Waals surface area contributed by atoms with Crippen molar-refractivity contribution in [3.05, 3.63) is 41.4 Å². The second-order valence-corrected chi connectivity index (χ2v) is 6.23. The number of hydrogen-bond donors (Lipinski definition) is 3. The number of benzene rings is 1. The minimum atomic E-state index is -0.595. The maximum absolute atomic E-state index is 11.6. The topological polar surface area (TPSA) is 134 Å². The van der Waals surface area contributed by atoms with Crippen molar-refractivity contribution in [2.75, 3.05) is 11.5 Å². The highest BCUT2D eigenvalue weighted by Gasteiger charge is 2.20. The van der Waals surface area contributed by atoms with E-state index in [9.17, 15) is 4.79 Å². The number of carbonyl (C=O) groups excluding carboxylic acids is 1. The number of rotatable bonds is 2. The molecule has 3 aromatic heterocycles. The lowest BCUT2D eigenvalue weighted by atomic mass is 10.1. The van der Waals surface area contributed by atoms with E-state index >= 15 is 0 Å². The number of fused-ring (bicyclic) bond motifs is 2. The van der Waals surface area contributed by atoms with Crippen molar-refractivity contribution in [2.24, 2.45) is 5.73 Å². The third-order valence-electron chi connectivity index (χ3n) is 3.71. The Balaban J connectivity index is 2.05. The van der Waals surface area contributed by atoms with Gasteiger partial charge < -0.3 is 17.2 Å². The first-order chi connectivity index (χ1) is 11.5. The molecule has 0 aliphatic carbocycles. The van der Waals surface area contributed by atoms with Crippen LogP contribution >= 0.6 is 11.3 Å². The largest absolute Gasteiger partial charge is 0.397 e.